The number of aromatic nitrogens is 4. The second kappa shape index (κ2) is 4.15. The third-order valence-corrected chi connectivity index (χ3v) is 2.80. The number of hydrogen-bond acceptors (Lipinski definition) is 5. The molecule has 0 radical (unpaired) electrons. The minimum atomic E-state index is 0.657. The topological polar surface area (TPSA) is 58.4 Å². The largest absolute Gasteiger partial charge is 0.314 e. The van der Waals surface area contributed by atoms with Gasteiger partial charge >= 0.3 is 0 Å². The average Bonchev–Trinajstić information content (AvgIpc) is 2.77. The fraction of sp³-hybridized carbons (Fsp3) is 0.500. The lowest BCUT2D eigenvalue weighted by atomic mass is 10.3. The van der Waals surface area contributed by atoms with Crippen LogP contribution in [0.2, 0.25) is 0 Å². The monoisotopic (exact) mass is 218 g/mol. The molecule has 1 aliphatic heterocycles. The van der Waals surface area contributed by atoms with Crippen molar-refractivity contribution in [3.63, 3.8) is 0 Å². The van der Waals surface area contributed by atoms with Crippen molar-refractivity contribution in [3.8, 4) is 0 Å². The lowest BCUT2D eigenvalue weighted by molar-refractivity contribution is 0.232. The summed E-state index contributed by atoms with van der Waals surface area (Å²) < 4.78 is 1.72. The Labute approximate surface area is 93.3 Å². The minimum absolute atomic E-state index is 0.657. The van der Waals surface area contributed by atoms with Gasteiger partial charge in [0.05, 0.1) is 0 Å². The SMILES string of the molecule is c1nc2ncc(CN3CCNCC3)cn2n1. The zero-order valence-corrected chi connectivity index (χ0v) is 9.00. The maximum Gasteiger partial charge on any atom is 0.252 e. The van der Waals surface area contributed by atoms with Crippen LogP contribution in [0.3, 0.4) is 0 Å². The molecule has 0 aliphatic carbocycles. The molecule has 0 unspecified atom stereocenters. The third kappa shape index (κ3) is 1.89. The van der Waals surface area contributed by atoms with Crippen LogP contribution in [0.25, 0.3) is 5.78 Å². The second-order valence-corrected chi connectivity index (χ2v) is 3.99. The van der Waals surface area contributed by atoms with E-state index in [0.29, 0.717) is 5.78 Å². The van der Waals surface area contributed by atoms with Crippen LogP contribution in [0.5, 0.6) is 0 Å². The molecule has 1 aliphatic rings. The van der Waals surface area contributed by atoms with Crippen molar-refractivity contribution in [2.75, 3.05) is 26.2 Å². The predicted octanol–water partition coefficient (Wildman–Crippen LogP) is -0.471. The number of fused-ring (bicyclic) bond motifs is 1. The molecule has 84 valence electrons. The van der Waals surface area contributed by atoms with E-state index in [1.807, 2.05) is 12.4 Å². The Morgan fingerprint density at radius 1 is 1.25 bits per heavy atom. The fourth-order valence-corrected chi connectivity index (χ4v) is 1.97. The lowest BCUT2D eigenvalue weighted by Gasteiger charge is -2.26. The fourth-order valence-electron chi connectivity index (χ4n) is 1.97. The van der Waals surface area contributed by atoms with Gasteiger partial charge in [-0.3, -0.25) is 4.90 Å². The zero-order chi connectivity index (χ0) is 10.8. The number of nitrogens with one attached hydrogen (secondary N) is 1. The Morgan fingerprint density at radius 2 is 2.12 bits per heavy atom. The van der Waals surface area contributed by atoms with Crippen molar-refractivity contribution in [3.05, 3.63) is 24.3 Å². The van der Waals surface area contributed by atoms with Gasteiger partial charge in [0.2, 0.25) is 0 Å². The number of rotatable bonds is 2. The molecule has 6 heteroatoms. The van der Waals surface area contributed by atoms with Crippen LogP contribution in [0, 0.1) is 0 Å². The molecule has 1 saturated heterocycles. The van der Waals surface area contributed by atoms with E-state index in [2.05, 4.69) is 25.3 Å². The Balaban J connectivity index is 1.77. The van der Waals surface area contributed by atoms with E-state index < -0.39 is 0 Å². The summed E-state index contributed by atoms with van der Waals surface area (Å²) in [5.74, 6) is 0.657. The summed E-state index contributed by atoms with van der Waals surface area (Å²) >= 11 is 0. The van der Waals surface area contributed by atoms with E-state index >= 15 is 0 Å². The van der Waals surface area contributed by atoms with Gasteiger partial charge in [0, 0.05) is 50.7 Å². The number of piperazine rings is 1. The van der Waals surface area contributed by atoms with E-state index in [1.165, 1.54) is 11.9 Å². The molecule has 2 aromatic rings. The summed E-state index contributed by atoms with van der Waals surface area (Å²) in [6, 6.07) is 0. The predicted molar refractivity (Wildman–Crippen MR) is 58.9 cm³/mol. The van der Waals surface area contributed by atoms with Crippen LogP contribution in [-0.4, -0.2) is 50.7 Å². The first-order valence-corrected chi connectivity index (χ1v) is 5.49. The summed E-state index contributed by atoms with van der Waals surface area (Å²) in [7, 11) is 0. The van der Waals surface area contributed by atoms with Gasteiger partial charge in [-0.05, 0) is 0 Å². The molecular weight excluding hydrogens is 204 g/mol. The number of nitrogens with zero attached hydrogens (tertiary/aromatic N) is 5. The molecule has 16 heavy (non-hydrogen) atoms. The van der Waals surface area contributed by atoms with Crippen LogP contribution in [0.1, 0.15) is 5.56 Å². The van der Waals surface area contributed by atoms with E-state index in [0.717, 1.165) is 32.7 Å². The molecule has 2 aromatic heterocycles. The van der Waals surface area contributed by atoms with Crippen molar-refractivity contribution < 1.29 is 0 Å². The van der Waals surface area contributed by atoms with E-state index in [-0.39, 0.29) is 0 Å². The molecule has 0 aromatic carbocycles. The van der Waals surface area contributed by atoms with Gasteiger partial charge in [0.1, 0.15) is 6.33 Å². The second-order valence-electron chi connectivity index (χ2n) is 3.99. The molecule has 0 bridgehead atoms. The molecule has 1 N–H and O–H groups in total. The summed E-state index contributed by atoms with van der Waals surface area (Å²) in [6.45, 7) is 5.26. The Kier molecular flexibility index (Phi) is 2.51. The average molecular weight is 218 g/mol. The van der Waals surface area contributed by atoms with Crippen LogP contribution >= 0.6 is 0 Å². The third-order valence-electron chi connectivity index (χ3n) is 2.80. The molecule has 1 fully saturated rings. The molecule has 0 saturated carbocycles. The first kappa shape index (κ1) is 9.68. The van der Waals surface area contributed by atoms with Crippen LogP contribution in [0.15, 0.2) is 18.7 Å². The van der Waals surface area contributed by atoms with E-state index in [1.54, 1.807) is 4.52 Å². The van der Waals surface area contributed by atoms with E-state index in [4.69, 9.17) is 0 Å². The molecule has 6 nitrogen and oxygen atoms in total. The van der Waals surface area contributed by atoms with Crippen molar-refractivity contribution >= 4 is 5.78 Å². The highest BCUT2D eigenvalue weighted by Gasteiger charge is 2.10. The maximum atomic E-state index is 4.25. The van der Waals surface area contributed by atoms with Crippen molar-refractivity contribution in [1.29, 1.82) is 0 Å². The highest BCUT2D eigenvalue weighted by Crippen LogP contribution is 2.04. The summed E-state index contributed by atoms with van der Waals surface area (Å²) in [5, 5.41) is 7.43. The van der Waals surface area contributed by atoms with Gasteiger partial charge < -0.3 is 5.32 Å². The zero-order valence-electron chi connectivity index (χ0n) is 9.00. The van der Waals surface area contributed by atoms with Crippen molar-refractivity contribution in [1.82, 2.24) is 29.8 Å². The summed E-state index contributed by atoms with van der Waals surface area (Å²) in [4.78, 5) is 10.7. The first-order chi connectivity index (χ1) is 7.92. The molecular formula is C10H14N6. The van der Waals surface area contributed by atoms with Crippen molar-refractivity contribution in [2.45, 2.75) is 6.54 Å². The highest BCUT2D eigenvalue weighted by molar-refractivity contribution is 5.25. The normalized spacial score (nSPS) is 18.0. The van der Waals surface area contributed by atoms with Crippen LogP contribution in [0.4, 0.5) is 0 Å². The van der Waals surface area contributed by atoms with Gasteiger partial charge in [-0.25, -0.2) is 9.50 Å². The standard InChI is InChI=1S/C10H14N6/c1-3-15(4-2-11-1)6-9-5-12-10-13-8-14-16(10)7-9/h5,7-8,11H,1-4,6H2. The molecule has 0 atom stereocenters. The summed E-state index contributed by atoms with van der Waals surface area (Å²) in [5.41, 5.74) is 1.18. The van der Waals surface area contributed by atoms with Crippen LogP contribution < -0.4 is 5.32 Å². The molecule has 0 spiro atoms. The lowest BCUT2D eigenvalue weighted by Crippen LogP contribution is -2.42. The van der Waals surface area contributed by atoms with E-state index in [9.17, 15) is 0 Å². The van der Waals surface area contributed by atoms with Gasteiger partial charge in [0.25, 0.3) is 5.78 Å². The van der Waals surface area contributed by atoms with Crippen molar-refractivity contribution in [2.24, 2.45) is 0 Å². The Morgan fingerprint density at radius 3 is 3.00 bits per heavy atom. The first-order valence-electron chi connectivity index (χ1n) is 5.49. The maximum absolute atomic E-state index is 4.25. The van der Waals surface area contributed by atoms with Gasteiger partial charge in [0.15, 0.2) is 0 Å². The van der Waals surface area contributed by atoms with Crippen LogP contribution in [-0.2, 0) is 6.54 Å². The van der Waals surface area contributed by atoms with Gasteiger partial charge in [-0.1, -0.05) is 0 Å². The molecule has 3 rings (SSSR count). The van der Waals surface area contributed by atoms with Gasteiger partial charge in [-0.15, -0.1) is 0 Å². The van der Waals surface area contributed by atoms with Gasteiger partial charge in [-0.2, -0.15) is 10.1 Å². The molecule has 3 heterocycles. The number of hydrogen-bond donors (Lipinski definition) is 1. The smallest absolute Gasteiger partial charge is 0.252 e. The molecule has 0 amide bonds. The minimum Gasteiger partial charge on any atom is -0.314 e. The Hall–Kier alpha value is -1.53. The Bertz CT molecular complexity index is 473. The quantitative estimate of drug-likeness (QED) is 0.738. The highest BCUT2D eigenvalue weighted by atomic mass is 15.3. The summed E-state index contributed by atoms with van der Waals surface area (Å²) in [6.07, 6.45) is 5.40.